The van der Waals surface area contributed by atoms with Gasteiger partial charge in [0.05, 0.1) is 24.6 Å². The maximum absolute atomic E-state index is 5.89. The van der Waals surface area contributed by atoms with Gasteiger partial charge in [0.1, 0.15) is 11.5 Å². The van der Waals surface area contributed by atoms with E-state index in [1.54, 1.807) is 0 Å². The van der Waals surface area contributed by atoms with Crippen molar-refractivity contribution in [2.75, 3.05) is 13.2 Å². The summed E-state index contributed by atoms with van der Waals surface area (Å²) in [6, 6.07) is 53.2. The average Bonchev–Trinajstić information content (AvgIpc) is 3.12. The average molecular weight is 587 g/mol. The molecule has 0 spiro atoms. The minimum atomic E-state index is 0.571. The highest BCUT2D eigenvalue weighted by Gasteiger charge is 2.00. The predicted octanol–water partition coefficient (Wildman–Crippen LogP) is 10.4. The Labute approximate surface area is 265 Å². The van der Waals surface area contributed by atoms with Gasteiger partial charge in [-0.3, -0.25) is 9.98 Å². The Hall–Kier alpha value is -5.74. The van der Waals surface area contributed by atoms with Crippen LogP contribution in [0.3, 0.4) is 0 Å². The van der Waals surface area contributed by atoms with E-state index in [9.17, 15) is 0 Å². The van der Waals surface area contributed by atoms with Gasteiger partial charge in [0.2, 0.25) is 0 Å². The van der Waals surface area contributed by atoms with Crippen LogP contribution in [-0.2, 0) is 0 Å². The van der Waals surface area contributed by atoms with E-state index in [1.165, 1.54) is 22.3 Å². The van der Waals surface area contributed by atoms with E-state index >= 15 is 0 Å². The second kappa shape index (κ2) is 15.1. The standard InChI is InChI=1S/C41H34N2O2/c1-3-8-34(9-4-1)36-16-12-32(13-17-36)30-42-38-20-24-40(25-21-38)44-28-7-29-45-41-26-22-39(23-27-41)43-31-33-14-18-37(19-15-33)35-10-5-2-6-11-35/h1-6,8-27,30-31H,7,28-29H2. The van der Waals surface area contributed by atoms with Gasteiger partial charge in [0, 0.05) is 18.9 Å². The summed E-state index contributed by atoms with van der Waals surface area (Å²) in [5.74, 6) is 1.64. The Bertz CT molecular complexity index is 1670. The zero-order chi connectivity index (χ0) is 30.5. The highest BCUT2D eigenvalue weighted by atomic mass is 16.5. The number of benzene rings is 6. The molecule has 0 heterocycles. The molecule has 0 atom stereocenters. The fourth-order valence-electron chi connectivity index (χ4n) is 4.78. The Morgan fingerprint density at radius 2 is 0.733 bits per heavy atom. The zero-order valence-corrected chi connectivity index (χ0v) is 25.0. The molecule has 0 aliphatic carbocycles. The number of hydrogen-bond acceptors (Lipinski definition) is 4. The van der Waals surface area contributed by atoms with Crippen LogP contribution in [0, 0.1) is 0 Å². The summed E-state index contributed by atoms with van der Waals surface area (Å²) in [6.07, 6.45) is 4.54. The van der Waals surface area contributed by atoms with E-state index in [1.807, 2.05) is 73.1 Å². The van der Waals surface area contributed by atoms with Crippen LogP contribution in [0.2, 0.25) is 0 Å². The van der Waals surface area contributed by atoms with Gasteiger partial charge in [-0.1, -0.05) is 109 Å². The van der Waals surface area contributed by atoms with E-state index in [2.05, 4.69) is 107 Å². The lowest BCUT2D eigenvalue weighted by atomic mass is 10.0. The molecule has 45 heavy (non-hydrogen) atoms. The summed E-state index contributed by atoms with van der Waals surface area (Å²) in [7, 11) is 0. The van der Waals surface area contributed by atoms with Crippen LogP contribution < -0.4 is 9.47 Å². The normalized spacial score (nSPS) is 11.2. The van der Waals surface area contributed by atoms with Crippen molar-refractivity contribution in [3.8, 4) is 33.8 Å². The van der Waals surface area contributed by atoms with Gasteiger partial charge >= 0.3 is 0 Å². The lowest BCUT2D eigenvalue weighted by molar-refractivity contribution is 0.247. The van der Waals surface area contributed by atoms with Crippen molar-refractivity contribution >= 4 is 23.8 Å². The van der Waals surface area contributed by atoms with Gasteiger partial charge in [-0.25, -0.2) is 0 Å². The molecule has 0 aliphatic heterocycles. The van der Waals surface area contributed by atoms with E-state index in [0.29, 0.717) is 13.2 Å². The Morgan fingerprint density at radius 3 is 1.11 bits per heavy atom. The fraction of sp³-hybridized carbons (Fsp3) is 0.0732. The Kier molecular flexibility index (Phi) is 9.86. The molecule has 0 radical (unpaired) electrons. The summed E-state index contributed by atoms with van der Waals surface area (Å²) >= 11 is 0. The fourth-order valence-corrected chi connectivity index (χ4v) is 4.78. The lowest BCUT2D eigenvalue weighted by Gasteiger charge is -2.08. The van der Waals surface area contributed by atoms with Crippen molar-refractivity contribution in [1.82, 2.24) is 0 Å². The van der Waals surface area contributed by atoms with Gasteiger partial charge in [-0.05, 0) is 81.9 Å². The molecule has 0 unspecified atom stereocenters. The van der Waals surface area contributed by atoms with Gasteiger partial charge in [0.15, 0.2) is 0 Å². The number of nitrogens with zero attached hydrogens (tertiary/aromatic N) is 2. The van der Waals surface area contributed by atoms with Crippen LogP contribution in [0.15, 0.2) is 168 Å². The molecular weight excluding hydrogens is 552 g/mol. The molecular formula is C41H34N2O2. The first-order valence-corrected chi connectivity index (χ1v) is 15.1. The maximum atomic E-state index is 5.89. The third-order valence-corrected chi connectivity index (χ3v) is 7.26. The molecule has 0 aliphatic rings. The van der Waals surface area contributed by atoms with Crippen molar-refractivity contribution in [3.63, 3.8) is 0 Å². The molecule has 6 rings (SSSR count). The summed E-state index contributed by atoms with van der Waals surface area (Å²) in [5.41, 5.74) is 8.68. The quantitative estimate of drug-likeness (QED) is 0.106. The summed E-state index contributed by atoms with van der Waals surface area (Å²) in [6.45, 7) is 1.14. The topological polar surface area (TPSA) is 43.2 Å². The van der Waals surface area contributed by atoms with Crippen LogP contribution in [-0.4, -0.2) is 25.6 Å². The first-order valence-electron chi connectivity index (χ1n) is 15.1. The molecule has 0 bridgehead atoms. The highest BCUT2D eigenvalue weighted by molar-refractivity contribution is 5.84. The SMILES string of the molecule is C(=Nc1ccc(OCCCOc2ccc(N=Cc3ccc(-c4ccccc4)cc3)cc2)cc1)c1ccc(-c2ccccc2)cc1. The predicted molar refractivity (Wildman–Crippen MR) is 187 cm³/mol. The summed E-state index contributed by atoms with van der Waals surface area (Å²) < 4.78 is 11.8. The molecule has 4 nitrogen and oxygen atoms in total. The minimum absolute atomic E-state index is 0.571. The number of aliphatic imine (C=N–C) groups is 2. The van der Waals surface area contributed by atoms with Gasteiger partial charge in [-0.2, -0.15) is 0 Å². The second-order valence-electron chi connectivity index (χ2n) is 10.5. The summed E-state index contributed by atoms with van der Waals surface area (Å²) in [5, 5.41) is 0. The molecule has 0 N–H and O–H groups in total. The van der Waals surface area contributed by atoms with Crippen LogP contribution in [0.5, 0.6) is 11.5 Å². The van der Waals surface area contributed by atoms with Crippen molar-refractivity contribution in [2.45, 2.75) is 6.42 Å². The largest absolute Gasteiger partial charge is 0.493 e. The molecule has 6 aromatic carbocycles. The second-order valence-corrected chi connectivity index (χ2v) is 10.5. The number of rotatable bonds is 12. The van der Waals surface area contributed by atoms with E-state index in [4.69, 9.17) is 9.47 Å². The van der Waals surface area contributed by atoms with Crippen LogP contribution in [0.4, 0.5) is 11.4 Å². The Balaban J connectivity index is 0.898. The van der Waals surface area contributed by atoms with Crippen molar-refractivity contribution in [3.05, 3.63) is 169 Å². The van der Waals surface area contributed by atoms with E-state index in [0.717, 1.165) is 40.4 Å². The molecule has 220 valence electrons. The van der Waals surface area contributed by atoms with E-state index < -0.39 is 0 Å². The minimum Gasteiger partial charge on any atom is -0.493 e. The first kappa shape index (κ1) is 29.3. The van der Waals surface area contributed by atoms with Gasteiger partial charge < -0.3 is 9.47 Å². The third-order valence-electron chi connectivity index (χ3n) is 7.26. The summed E-state index contributed by atoms with van der Waals surface area (Å²) in [4.78, 5) is 9.20. The highest BCUT2D eigenvalue weighted by Crippen LogP contribution is 2.22. The first-order chi connectivity index (χ1) is 22.3. The third kappa shape index (κ3) is 8.65. The van der Waals surface area contributed by atoms with Crippen molar-refractivity contribution in [1.29, 1.82) is 0 Å². The van der Waals surface area contributed by atoms with Gasteiger partial charge in [0.25, 0.3) is 0 Å². The van der Waals surface area contributed by atoms with Gasteiger partial charge in [-0.15, -0.1) is 0 Å². The van der Waals surface area contributed by atoms with Crippen molar-refractivity contribution < 1.29 is 9.47 Å². The zero-order valence-electron chi connectivity index (χ0n) is 25.0. The smallest absolute Gasteiger partial charge is 0.119 e. The molecule has 4 heteroatoms. The van der Waals surface area contributed by atoms with E-state index in [-0.39, 0.29) is 0 Å². The van der Waals surface area contributed by atoms with Crippen LogP contribution >= 0.6 is 0 Å². The molecule has 0 amide bonds. The number of ether oxygens (including phenoxy) is 2. The van der Waals surface area contributed by atoms with Crippen molar-refractivity contribution in [2.24, 2.45) is 9.98 Å². The van der Waals surface area contributed by atoms with Crippen LogP contribution in [0.25, 0.3) is 22.3 Å². The maximum Gasteiger partial charge on any atom is 0.119 e. The lowest BCUT2D eigenvalue weighted by Crippen LogP contribution is -2.04. The molecule has 0 saturated carbocycles. The Morgan fingerprint density at radius 1 is 0.378 bits per heavy atom. The molecule has 0 aromatic heterocycles. The molecule has 0 fully saturated rings. The molecule has 6 aromatic rings. The molecule has 0 saturated heterocycles. The van der Waals surface area contributed by atoms with Crippen LogP contribution in [0.1, 0.15) is 17.5 Å². The monoisotopic (exact) mass is 586 g/mol. The number of hydrogen-bond donors (Lipinski definition) is 0.